The second kappa shape index (κ2) is 9.43. The van der Waals surface area contributed by atoms with Crippen LogP contribution in [0, 0.1) is 23.4 Å². The summed E-state index contributed by atoms with van der Waals surface area (Å²) < 4.78 is 41.0. The summed E-state index contributed by atoms with van der Waals surface area (Å²) in [4.78, 5) is 0. The standard InChI is InChI=1S/C24H29F3/c1-2-3-4-5-17-6-9-19(10-7-17)20-11-12-21(23(26)16-20)14-18-8-13-22(25)24(27)15-18/h8,11-13,15-17,19H,2-7,9-10,14H2,1H3. The molecule has 0 heterocycles. The summed E-state index contributed by atoms with van der Waals surface area (Å²) in [6.07, 6.45) is 10.3. The lowest BCUT2D eigenvalue weighted by Crippen LogP contribution is -2.13. The fraction of sp³-hybridized carbons (Fsp3) is 0.500. The van der Waals surface area contributed by atoms with Crippen LogP contribution in [0.15, 0.2) is 36.4 Å². The Morgan fingerprint density at radius 3 is 2.26 bits per heavy atom. The minimum atomic E-state index is -0.889. The Balaban J connectivity index is 1.59. The molecule has 2 aromatic carbocycles. The van der Waals surface area contributed by atoms with Crippen LogP contribution in [-0.2, 0) is 6.42 Å². The summed E-state index contributed by atoms with van der Waals surface area (Å²) in [5.74, 6) is -0.730. The largest absolute Gasteiger partial charge is 0.207 e. The summed E-state index contributed by atoms with van der Waals surface area (Å²) in [6.45, 7) is 2.24. The summed E-state index contributed by atoms with van der Waals surface area (Å²) in [5, 5.41) is 0. The first kappa shape index (κ1) is 20.0. The average Bonchev–Trinajstić information content (AvgIpc) is 2.67. The second-order valence-corrected chi connectivity index (χ2v) is 7.99. The van der Waals surface area contributed by atoms with Crippen LogP contribution in [0.4, 0.5) is 13.2 Å². The first-order chi connectivity index (χ1) is 13.1. The summed E-state index contributed by atoms with van der Waals surface area (Å²) in [7, 11) is 0. The van der Waals surface area contributed by atoms with Gasteiger partial charge in [0.2, 0.25) is 0 Å². The highest BCUT2D eigenvalue weighted by molar-refractivity contribution is 5.32. The Morgan fingerprint density at radius 1 is 0.815 bits per heavy atom. The number of halogens is 3. The zero-order chi connectivity index (χ0) is 19.2. The molecule has 0 radical (unpaired) electrons. The van der Waals surface area contributed by atoms with Crippen LogP contribution < -0.4 is 0 Å². The smallest absolute Gasteiger partial charge is 0.159 e. The van der Waals surface area contributed by atoms with Crippen molar-refractivity contribution >= 4 is 0 Å². The van der Waals surface area contributed by atoms with Gasteiger partial charge in [-0.2, -0.15) is 0 Å². The first-order valence-corrected chi connectivity index (χ1v) is 10.3. The van der Waals surface area contributed by atoms with E-state index < -0.39 is 11.6 Å². The van der Waals surface area contributed by atoms with Crippen molar-refractivity contribution in [1.82, 2.24) is 0 Å². The predicted molar refractivity (Wildman–Crippen MR) is 104 cm³/mol. The molecule has 0 aromatic heterocycles. The highest BCUT2D eigenvalue weighted by atomic mass is 19.2. The Labute approximate surface area is 160 Å². The van der Waals surface area contributed by atoms with Crippen molar-refractivity contribution in [3.05, 3.63) is 70.5 Å². The first-order valence-electron chi connectivity index (χ1n) is 10.3. The minimum Gasteiger partial charge on any atom is -0.207 e. The van der Waals surface area contributed by atoms with Crippen LogP contribution in [0.1, 0.15) is 80.9 Å². The third kappa shape index (κ3) is 5.37. The van der Waals surface area contributed by atoms with E-state index in [-0.39, 0.29) is 12.2 Å². The molecule has 0 amide bonds. The van der Waals surface area contributed by atoms with E-state index in [4.69, 9.17) is 0 Å². The van der Waals surface area contributed by atoms with Gasteiger partial charge in [0.25, 0.3) is 0 Å². The second-order valence-electron chi connectivity index (χ2n) is 7.99. The third-order valence-electron chi connectivity index (χ3n) is 5.99. The van der Waals surface area contributed by atoms with Crippen LogP contribution in [-0.4, -0.2) is 0 Å². The van der Waals surface area contributed by atoms with E-state index in [2.05, 4.69) is 6.92 Å². The van der Waals surface area contributed by atoms with E-state index >= 15 is 0 Å². The Hall–Kier alpha value is -1.77. The monoisotopic (exact) mass is 374 g/mol. The lowest BCUT2D eigenvalue weighted by Gasteiger charge is -2.29. The number of hydrogen-bond acceptors (Lipinski definition) is 0. The number of benzene rings is 2. The van der Waals surface area contributed by atoms with Gasteiger partial charge in [0.15, 0.2) is 11.6 Å². The molecule has 0 unspecified atom stereocenters. The molecule has 1 saturated carbocycles. The van der Waals surface area contributed by atoms with E-state index in [9.17, 15) is 13.2 Å². The van der Waals surface area contributed by atoms with E-state index in [1.807, 2.05) is 6.07 Å². The van der Waals surface area contributed by atoms with Gasteiger partial charge in [-0.05, 0) is 72.4 Å². The molecule has 1 aliphatic rings. The maximum Gasteiger partial charge on any atom is 0.159 e. The highest BCUT2D eigenvalue weighted by Gasteiger charge is 2.22. The van der Waals surface area contributed by atoms with Crippen molar-refractivity contribution < 1.29 is 13.2 Å². The summed E-state index contributed by atoms with van der Waals surface area (Å²) in [5.41, 5.74) is 2.18. The summed E-state index contributed by atoms with van der Waals surface area (Å²) in [6, 6.07) is 9.21. The molecule has 3 rings (SSSR count). The lowest BCUT2D eigenvalue weighted by molar-refractivity contribution is 0.302. The van der Waals surface area contributed by atoms with Crippen molar-refractivity contribution in [2.45, 2.75) is 70.6 Å². The third-order valence-corrected chi connectivity index (χ3v) is 5.99. The molecule has 1 aliphatic carbocycles. The van der Waals surface area contributed by atoms with Gasteiger partial charge in [0.05, 0.1) is 0 Å². The van der Waals surface area contributed by atoms with Crippen LogP contribution in [0.3, 0.4) is 0 Å². The molecule has 1 fully saturated rings. The quantitative estimate of drug-likeness (QED) is 0.439. The van der Waals surface area contributed by atoms with Crippen molar-refractivity contribution in [2.75, 3.05) is 0 Å². The molecule has 0 atom stereocenters. The van der Waals surface area contributed by atoms with Crippen molar-refractivity contribution in [1.29, 1.82) is 0 Å². The number of rotatable bonds is 7. The molecule has 0 nitrogen and oxygen atoms in total. The fourth-order valence-corrected chi connectivity index (χ4v) is 4.30. The minimum absolute atomic E-state index is 0.248. The molecule has 2 aromatic rings. The maximum atomic E-state index is 14.6. The molecular weight excluding hydrogens is 345 g/mol. The molecule has 0 aliphatic heterocycles. The zero-order valence-corrected chi connectivity index (χ0v) is 16.1. The van der Waals surface area contributed by atoms with Crippen LogP contribution >= 0.6 is 0 Å². The molecule has 3 heteroatoms. The van der Waals surface area contributed by atoms with E-state index in [1.165, 1.54) is 44.6 Å². The normalized spacial score (nSPS) is 20.0. The molecule has 0 saturated heterocycles. The number of hydrogen-bond donors (Lipinski definition) is 0. The van der Waals surface area contributed by atoms with Gasteiger partial charge in [-0.3, -0.25) is 0 Å². The fourth-order valence-electron chi connectivity index (χ4n) is 4.30. The Bertz CT molecular complexity index is 745. The lowest BCUT2D eigenvalue weighted by atomic mass is 9.77. The summed E-state index contributed by atoms with van der Waals surface area (Å²) >= 11 is 0. The highest BCUT2D eigenvalue weighted by Crippen LogP contribution is 2.38. The molecule has 0 bridgehead atoms. The van der Waals surface area contributed by atoms with Crippen LogP contribution in [0.2, 0.25) is 0 Å². The van der Waals surface area contributed by atoms with Gasteiger partial charge >= 0.3 is 0 Å². The van der Waals surface area contributed by atoms with Gasteiger partial charge in [-0.1, -0.05) is 50.8 Å². The van der Waals surface area contributed by atoms with Crippen molar-refractivity contribution in [2.24, 2.45) is 5.92 Å². The maximum absolute atomic E-state index is 14.6. The van der Waals surface area contributed by atoms with E-state index in [0.717, 1.165) is 36.5 Å². The van der Waals surface area contributed by atoms with Crippen LogP contribution in [0.25, 0.3) is 0 Å². The molecule has 146 valence electrons. The van der Waals surface area contributed by atoms with E-state index in [1.54, 1.807) is 12.1 Å². The van der Waals surface area contributed by atoms with Gasteiger partial charge in [-0.15, -0.1) is 0 Å². The number of unbranched alkanes of at least 4 members (excludes halogenated alkanes) is 2. The van der Waals surface area contributed by atoms with Crippen LogP contribution in [0.5, 0.6) is 0 Å². The predicted octanol–water partition coefficient (Wildman–Crippen LogP) is 7.55. The van der Waals surface area contributed by atoms with Gasteiger partial charge in [0.1, 0.15) is 5.82 Å². The Kier molecular flexibility index (Phi) is 6.98. The van der Waals surface area contributed by atoms with Crippen molar-refractivity contribution in [3.8, 4) is 0 Å². The van der Waals surface area contributed by atoms with Gasteiger partial charge < -0.3 is 0 Å². The molecule has 0 spiro atoms. The zero-order valence-electron chi connectivity index (χ0n) is 16.1. The topological polar surface area (TPSA) is 0 Å². The SMILES string of the molecule is CCCCCC1CCC(c2ccc(Cc3ccc(F)c(F)c3)c(F)c2)CC1. The van der Waals surface area contributed by atoms with Gasteiger partial charge in [-0.25, -0.2) is 13.2 Å². The average molecular weight is 374 g/mol. The van der Waals surface area contributed by atoms with Crippen molar-refractivity contribution in [3.63, 3.8) is 0 Å². The molecule has 27 heavy (non-hydrogen) atoms. The molecular formula is C24H29F3. The van der Waals surface area contributed by atoms with Gasteiger partial charge in [0, 0.05) is 6.42 Å². The molecule has 0 N–H and O–H groups in total. The van der Waals surface area contributed by atoms with E-state index in [0.29, 0.717) is 17.0 Å². The Morgan fingerprint density at radius 2 is 1.59 bits per heavy atom.